The Labute approximate surface area is 330 Å². The first-order valence-corrected chi connectivity index (χ1v) is 16.3. The van der Waals surface area contributed by atoms with Gasteiger partial charge in [-0.3, -0.25) is 4.79 Å². The monoisotopic (exact) mass is 911 g/mol. The Bertz CT molecular complexity index is 2390. The summed E-state index contributed by atoms with van der Waals surface area (Å²) in [5.74, 6) is -71.4. The Balaban J connectivity index is 0.000000366. The zero-order valence-electron chi connectivity index (χ0n) is 28.8. The lowest BCUT2D eigenvalue weighted by atomic mass is 9.12. The highest BCUT2D eigenvalue weighted by molar-refractivity contribution is 7.20. The molecule has 1 aromatic heterocycles. The number of hydrogen-bond acceptors (Lipinski definition) is 1. The number of halogens is 21. The van der Waals surface area contributed by atoms with Crippen molar-refractivity contribution in [1.82, 2.24) is 0 Å². The van der Waals surface area contributed by atoms with Gasteiger partial charge in [0, 0.05) is 17.7 Å². The van der Waals surface area contributed by atoms with Crippen molar-refractivity contribution in [2.24, 2.45) is 0 Å². The van der Waals surface area contributed by atoms with Crippen molar-refractivity contribution in [1.29, 1.82) is 0 Å². The van der Waals surface area contributed by atoms with Crippen molar-refractivity contribution >= 4 is 45.4 Å². The Morgan fingerprint density at radius 3 is 0.885 bits per heavy atom. The van der Waals surface area contributed by atoms with Gasteiger partial charge in [0.2, 0.25) is 12.3 Å². The van der Waals surface area contributed by atoms with E-state index in [1.807, 2.05) is 47.3 Å². The van der Waals surface area contributed by atoms with Crippen LogP contribution in [0.25, 0.3) is 0 Å². The van der Waals surface area contributed by atoms with E-state index in [-0.39, 0.29) is 5.78 Å². The first-order valence-electron chi connectivity index (χ1n) is 15.9. The molecule has 0 atom stereocenters. The van der Waals surface area contributed by atoms with Gasteiger partial charge in [-0.1, -0.05) is 29.8 Å². The minimum absolute atomic E-state index is 0.0156. The van der Waals surface area contributed by atoms with E-state index in [1.165, 1.54) is 0 Å². The second kappa shape index (κ2) is 17.1. The van der Waals surface area contributed by atoms with Gasteiger partial charge in [0.1, 0.15) is 52.7 Å². The summed E-state index contributed by atoms with van der Waals surface area (Å²) in [6.07, 6.45) is -3.51. The van der Waals surface area contributed by atoms with Gasteiger partial charge < -0.3 is 0 Å². The lowest BCUT2D eigenvalue weighted by Crippen LogP contribution is -2.81. The van der Waals surface area contributed by atoms with Gasteiger partial charge in [-0.15, -0.1) is 21.9 Å². The van der Waals surface area contributed by atoms with Crippen LogP contribution in [0.15, 0.2) is 54.9 Å². The van der Waals surface area contributed by atoms with Crippen LogP contribution in [0.5, 0.6) is 0 Å². The number of aromatic nitrogens is 1. The van der Waals surface area contributed by atoms with E-state index in [0.29, 0.717) is 17.1 Å². The molecule has 1 heterocycles. The van der Waals surface area contributed by atoms with Crippen molar-refractivity contribution in [2.45, 2.75) is 6.54 Å². The standard InChI is InChI=1S/C24BF20.C13H11ClNO/c26-5-1(6(27)14(35)21(42)13(5)34)25(2-7(28)15(36)22(43)16(37)8(2)29,3-9(30)17(38)23(44)18(39)10(3)31)4-11(32)19(40)24(45)20(41)12(4)33;14-12-7-3-2-6-11(12)13(16)10-15-8-4-1-5-9-15/h;1-9H,10H2/q-1;+1. The molecule has 2 nitrogen and oxygen atoms in total. The molecule has 0 spiro atoms. The Hall–Kier alpha value is -6.13. The number of carbonyl (C=O) groups excluding carboxylic acids is 1. The summed E-state index contributed by atoms with van der Waals surface area (Å²) in [5.41, 5.74) is -13.8. The summed E-state index contributed by atoms with van der Waals surface area (Å²) in [4.78, 5) is 11.9. The first-order chi connectivity index (χ1) is 28.5. The van der Waals surface area contributed by atoms with E-state index in [9.17, 15) is 57.5 Å². The highest BCUT2D eigenvalue weighted by atomic mass is 35.5. The second-order valence-electron chi connectivity index (χ2n) is 12.3. The van der Waals surface area contributed by atoms with Gasteiger partial charge in [-0.2, -0.15) is 4.57 Å². The van der Waals surface area contributed by atoms with Crippen LogP contribution in [0.1, 0.15) is 10.4 Å². The maximum Gasteiger partial charge on any atom is 0.229 e. The van der Waals surface area contributed by atoms with Gasteiger partial charge in [0.15, 0.2) is 82.2 Å². The molecule has 320 valence electrons. The minimum atomic E-state index is -7.22. The van der Waals surface area contributed by atoms with Crippen molar-refractivity contribution in [3.05, 3.63) is 182 Å². The second-order valence-corrected chi connectivity index (χ2v) is 12.7. The van der Waals surface area contributed by atoms with Crippen LogP contribution < -0.4 is 26.4 Å². The molecule has 0 aliphatic heterocycles. The van der Waals surface area contributed by atoms with Gasteiger partial charge >= 0.3 is 0 Å². The van der Waals surface area contributed by atoms with E-state index < -0.39 is 144 Å². The molecule has 0 aliphatic carbocycles. The number of Topliss-reactive ketones (excluding diaryl/α,β-unsaturated/α-hetero) is 1. The summed E-state index contributed by atoms with van der Waals surface area (Å²) in [5, 5.41) is 0.504. The number of carbonyl (C=O) groups is 1. The summed E-state index contributed by atoms with van der Waals surface area (Å²) in [7, 11) is 0. The molecule has 0 N–H and O–H groups in total. The van der Waals surface area contributed by atoms with Gasteiger partial charge in [-0.25, -0.2) is 87.8 Å². The maximum atomic E-state index is 15.4. The van der Waals surface area contributed by atoms with Crippen molar-refractivity contribution in [3.8, 4) is 0 Å². The molecule has 0 bridgehead atoms. The molecular formula is C37H11BClF20NO. The molecule has 0 amide bonds. The molecular weight excluding hydrogens is 901 g/mol. The molecule has 6 rings (SSSR count). The topological polar surface area (TPSA) is 20.9 Å². The number of pyridine rings is 1. The predicted octanol–water partition coefficient (Wildman–Crippen LogP) is 8.36. The molecule has 6 aromatic rings. The average molecular weight is 912 g/mol. The van der Waals surface area contributed by atoms with Crippen LogP contribution in [0.4, 0.5) is 87.8 Å². The number of nitrogens with zero attached hydrogens (tertiary/aromatic N) is 1. The zero-order chi connectivity index (χ0) is 45.7. The van der Waals surface area contributed by atoms with E-state index in [1.54, 1.807) is 12.1 Å². The van der Waals surface area contributed by atoms with Crippen LogP contribution in [-0.4, -0.2) is 11.9 Å². The largest absolute Gasteiger partial charge is 0.287 e. The Morgan fingerprint density at radius 1 is 0.377 bits per heavy atom. The van der Waals surface area contributed by atoms with Crippen LogP contribution in [0.3, 0.4) is 0 Å². The Kier molecular flexibility index (Phi) is 12.9. The molecule has 0 fully saturated rings. The fourth-order valence-electron chi connectivity index (χ4n) is 6.35. The first kappa shape index (κ1) is 46.0. The molecule has 61 heavy (non-hydrogen) atoms. The Morgan fingerprint density at radius 2 is 0.623 bits per heavy atom. The van der Waals surface area contributed by atoms with E-state index in [2.05, 4.69) is 0 Å². The van der Waals surface area contributed by atoms with Crippen molar-refractivity contribution in [2.75, 3.05) is 0 Å². The quantitative estimate of drug-likeness (QED) is 0.0395. The van der Waals surface area contributed by atoms with Gasteiger partial charge in [0.25, 0.3) is 0 Å². The van der Waals surface area contributed by atoms with Crippen LogP contribution in [-0.2, 0) is 6.54 Å². The summed E-state index contributed by atoms with van der Waals surface area (Å²) >= 11 is 5.96. The molecule has 0 saturated heterocycles. The predicted molar refractivity (Wildman–Crippen MR) is 172 cm³/mol. The molecule has 0 saturated carbocycles. The van der Waals surface area contributed by atoms with E-state index in [4.69, 9.17) is 11.6 Å². The third-order valence-electron chi connectivity index (χ3n) is 8.98. The van der Waals surface area contributed by atoms with Crippen molar-refractivity contribution < 1.29 is 97.2 Å². The highest BCUT2D eigenvalue weighted by Crippen LogP contribution is 2.31. The fraction of sp³-hybridized carbons (Fsp3) is 0.0270. The van der Waals surface area contributed by atoms with Crippen LogP contribution >= 0.6 is 11.6 Å². The van der Waals surface area contributed by atoms with Crippen molar-refractivity contribution in [3.63, 3.8) is 0 Å². The van der Waals surface area contributed by atoms with Gasteiger partial charge in [-0.05, 0) is 12.1 Å². The summed E-state index contributed by atoms with van der Waals surface area (Å²) < 4.78 is 296. The molecule has 5 aromatic carbocycles. The normalized spacial score (nSPS) is 11.5. The highest BCUT2D eigenvalue weighted by Gasteiger charge is 2.52. The van der Waals surface area contributed by atoms with Gasteiger partial charge in [0.05, 0.1) is 5.02 Å². The average Bonchev–Trinajstić information content (AvgIpc) is 3.24. The SMILES string of the molecule is Fc1c(F)c(F)c([B-](c2c(F)c(F)c(F)c(F)c2F)(c2c(F)c(F)c(F)c(F)c2F)c2c(F)c(F)c(F)c(F)c2F)c(F)c1F.O=C(C[n+]1ccccc1)c1ccccc1Cl. The summed E-state index contributed by atoms with van der Waals surface area (Å²) in [6, 6.07) is 12.8. The van der Waals surface area contributed by atoms with Crippen LogP contribution in [0.2, 0.25) is 5.02 Å². The number of rotatable bonds is 7. The number of hydrogen-bond donors (Lipinski definition) is 0. The smallest absolute Gasteiger partial charge is 0.229 e. The molecule has 0 unspecified atom stereocenters. The number of benzene rings is 5. The third-order valence-corrected chi connectivity index (χ3v) is 9.31. The van der Waals surface area contributed by atoms with E-state index in [0.717, 1.165) is 0 Å². The van der Waals surface area contributed by atoms with Crippen LogP contribution in [0, 0.1) is 116 Å². The lowest BCUT2D eigenvalue weighted by Gasteiger charge is -2.44. The zero-order valence-corrected chi connectivity index (χ0v) is 29.5. The lowest BCUT2D eigenvalue weighted by molar-refractivity contribution is -0.683. The fourth-order valence-corrected chi connectivity index (χ4v) is 6.59. The molecule has 0 aliphatic rings. The summed E-state index contributed by atoms with van der Waals surface area (Å²) in [6.45, 7) is 0.310. The maximum absolute atomic E-state index is 15.4. The molecule has 24 heteroatoms. The third kappa shape index (κ3) is 7.31. The molecule has 0 radical (unpaired) electrons. The minimum Gasteiger partial charge on any atom is -0.287 e. The number of ketones is 1. The van der Waals surface area contributed by atoms with E-state index >= 15 is 35.1 Å².